The molecule has 1 N–H and O–H groups in total. The van der Waals surface area contributed by atoms with E-state index < -0.39 is 5.60 Å². The number of hydrogen-bond donors (Lipinski definition) is 1. The van der Waals surface area contributed by atoms with Gasteiger partial charge in [-0.1, -0.05) is 13.3 Å². The average molecular weight is 215 g/mol. The van der Waals surface area contributed by atoms with Crippen LogP contribution in [0.25, 0.3) is 0 Å². The number of aliphatic hydroxyl groups excluding tert-OH is 1. The summed E-state index contributed by atoms with van der Waals surface area (Å²) in [7, 11) is 0. The smallest absolute Gasteiger partial charge is 0.410 e. The summed E-state index contributed by atoms with van der Waals surface area (Å²) in [4.78, 5) is 13.1. The minimum absolute atomic E-state index is 0.304. The van der Waals surface area contributed by atoms with Crippen molar-refractivity contribution in [2.24, 2.45) is 0 Å². The molecule has 1 aliphatic rings. The number of aliphatic hydroxyl groups is 1. The Morgan fingerprint density at radius 3 is 2.60 bits per heavy atom. The number of β-amino-alcohol motifs (C(OH)–C–C–N with tert-alkyl or cyclic N) is 1. The maximum Gasteiger partial charge on any atom is 0.410 e. The van der Waals surface area contributed by atoms with Gasteiger partial charge in [0.25, 0.3) is 0 Å². The van der Waals surface area contributed by atoms with E-state index in [0.717, 1.165) is 19.3 Å². The molecule has 1 saturated heterocycles. The molecule has 1 aliphatic heterocycles. The highest BCUT2D eigenvalue weighted by molar-refractivity contribution is 5.69. The van der Waals surface area contributed by atoms with E-state index in [2.05, 4.69) is 6.92 Å². The van der Waals surface area contributed by atoms with Crippen LogP contribution in [-0.2, 0) is 4.74 Å². The predicted octanol–water partition coefficient (Wildman–Crippen LogP) is 1.77. The van der Waals surface area contributed by atoms with Gasteiger partial charge < -0.3 is 14.7 Å². The number of unbranched alkanes of at least 4 members (excludes halogenated alkanes) is 1. The maximum absolute atomic E-state index is 11.5. The summed E-state index contributed by atoms with van der Waals surface area (Å²) in [5, 5.41) is 9.06. The van der Waals surface area contributed by atoms with Gasteiger partial charge >= 0.3 is 6.09 Å². The lowest BCUT2D eigenvalue weighted by molar-refractivity contribution is -0.0385. The summed E-state index contributed by atoms with van der Waals surface area (Å²) in [5.41, 5.74) is -0.395. The van der Waals surface area contributed by atoms with E-state index in [0.29, 0.717) is 13.1 Å². The molecule has 0 spiro atoms. The van der Waals surface area contributed by atoms with Crippen molar-refractivity contribution in [1.82, 2.24) is 4.90 Å². The zero-order valence-electron chi connectivity index (χ0n) is 9.82. The summed E-state index contributed by atoms with van der Waals surface area (Å²) in [6.45, 7) is 6.78. The van der Waals surface area contributed by atoms with Gasteiger partial charge in [0.05, 0.1) is 19.2 Å². The molecule has 0 aromatic heterocycles. The van der Waals surface area contributed by atoms with Gasteiger partial charge in [-0.2, -0.15) is 0 Å². The molecule has 0 bridgehead atoms. The van der Waals surface area contributed by atoms with Crippen LogP contribution in [0.4, 0.5) is 4.79 Å². The fourth-order valence-corrected chi connectivity index (χ4v) is 1.56. The first-order chi connectivity index (χ1) is 6.94. The standard InChI is InChI=1S/C11H21NO3/c1-4-5-6-11(2,3)15-10(14)12-7-9(13)8-12/h9,13H,4-8H2,1-3H3. The summed E-state index contributed by atoms with van der Waals surface area (Å²) in [6, 6.07) is 0. The van der Waals surface area contributed by atoms with E-state index >= 15 is 0 Å². The number of amides is 1. The molecule has 1 heterocycles. The Labute approximate surface area is 91.2 Å². The predicted molar refractivity (Wildman–Crippen MR) is 57.7 cm³/mol. The van der Waals surface area contributed by atoms with Gasteiger partial charge in [-0.25, -0.2) is 4.79 Å². The SMILES string of the molecule is CCCCC(C)(C)OC(=O)N1CC(O)C1. The van der Waals surface area contributed by atoms with Crippen LogP contribution in [-0.4, -0.2) is 40.9 Å². The third-order valence-electron chi connectivity index (χ3n) is 2.62. The zero-order chi connectivity index (χ0) is 11.5. The Bertz CT molecular complexity index is 222. The van der Waals surface area contributed by atoms with E-state index in [1.165, 1.54) is 4.90 Å². The molecule has 4 nitrogen and oxygen atoms in total. The zero-order valence-corrected chi connectivity index (χ0v) is 9.82. The van der Waals surface area contributed by atoms with Crippen molar-refractivity contribution in [3.63, 3.8) is 0 Å². The lowest BCUT2D eigenvalue weighted by Gasteiger charge is -2.37. The number of ether oxygens (including phenoxy) is 1. The highest BCUT2D eigenvalue weighted by Gasteiger charge is 2.33. The quantitative estimate of drug-likeness (QED) is 0.777. The summed E-state index contributed by atoms with van der Waals surface area (Å²) in [6.07, 6.45) is 2.37. The summed E-state index contributed by atoms with van der Waals surface area (Å²) >= 11 is 0. The summed E-state index contributed by atoms with van der Waals surface area (Å²) < 4.78 is 5.37. The fraction of sp³-hybridized carbons (Fsp3) is 0.909. The van der Waals surface area contributed by atoms with Crippen LogP contribution in [0, 0.1) is 0 Å². The first-order valence-electron chi connectivity index (χ1n) is 5.60. The van der Waals surface area contributed by atoms with Crippen molar-refractivity contribution in [3.8, 4) is 0 Å². The van der Waals surface area contributed by atoms with Gasteiger partial charge in [0, 0.05) is 0 Å². The minimum Gasteiger partial charge on any atom is -0.443 e. The molecule has 0 aromatic carbocycles. The number of carbonyl (C=O) groups excluding carboxylic acids is 1. The average Bonchev–Trinajstić information content (AvgIpc) is 2.09. The lowest BCUT2D eigenvalue weighted by atomic mass is 10.0. The molecule has 0 unspecified atom stereocenters. The van der Waals surface area contributed by atoms with E-state index in [4.69, 9.17) is 9.84 Å². The van der Waals surface area contributed by atoms with Gasteiger partial charge in [-0.15, -0.1) is 0 Å². The second kappa shape index (κ2) is 4.84. The molecule has 0 saturated carbocycles. The molecule has 0 atom stereocenters. The molecule has 88 valence electrons. The Hall–Kier alpha value is -0.770. The maximum atomic E-state index is 11.5. The second-order valence-corrected chi connectivity index (χ2v) is 4.79. The molecule has 4 heteroatoms. The van der Waals surface area contributed by atoms with E-state index in [9.17, 15) is 4.79 Å². The van der Waals surface area contributed by atoms with Crippen molar-refractivity contribution in [1.29, 1.82) is 0 Å². The van der Waals surface area contributed by atoms with Crippen molar-refractivity contribution in [2.45, 2.75) is 51.7 Å². The van der Waals surface area contributed by atoms with Crippen LogP contribution in [0.5, 0.6) is 0 Å². The van der Waals surface area contributed by atoms with Crippen LogP contribution in [0.3, 0.4) is 0 Å². The highest BCUT2D eigenvalue weighted by Crippen LogP contribution is 2.20. The van der Waals surface area contributed by atoms with Crippen molar-refractivity contribution in [3.05, 3.63) is 0 Å². The van der Waals surface area contributed by atoms with E-state index in [-0.39, 0.29) is 12.2 Å². The number of hydrogen-bond acceptors (Lipinski definition) is 3. The molecule has 1 fully saturated rings. The third kappa shape index (κ3) is 3.70. The van der Waals surface area contributed by atoms with Crippen molar-refractivity contribution in [2.75, 3.05) is 13.1 Å². The Balaban J connectivity index is 2.29. The van der Waals surface area contributed by atoms with Crippen LogP contribution in [0.15, 0.2) is 0 Å². The van der Waals surface area contributed by atoms with Gasteiger partial charge in [0.1, 0.15) is 5.60 Å². The van der Waals surface area contributed by atoms with Crippen LogP contribution < -0.4 is 0 Å². The minimum atomic E-state index is -0.395. The topological polar surface area (TPSA) is 49.8 Å². The number of rotatable bonds is 4. The first-order valence-corrected chi connectivity index (χ1v) is 5.60. The Morgan fingerprint density at radius 1 is 1.53 bits per heavy atom. The van der Waals surface area contributed by atoms with Gasteiger partial charge in [0.2, 0.25) is 0 Å². The van der Waals surface area contributed by atoms with Gasteiger partial charge in [-0.05, 0) is 26.7 Å². The molecule has 0 radical (unpaired) electrons. The van der Waals surface area contributed by atoms with E-state index in [1.807, 2.05) is 13.8 Å². The molecule has 1 rings (SSSR count). The van der Waals surface area contributed by atoms with Crippen molar-refractivity contribution >= 4 is 6.09 Å². The summed E-state index contributed by atoms with van der Waals surface area (Å²) in [5.74, 6) is 0. The largest absolute Gasteiger partial charge is 0.443 e. The van der Waals surface area contributed by atoms with Crippen LogP contribution in [0.1, 0.15) is 40.0 Å². The molecule has 1 amide bonds. The first kappa shape index (κ1) is 12.3. The monoisotopic (exact) mass is 215 g/mol. The van der Waals surface area contributed by atoms with Crippen LogP contribution >= 0.6 is 0 Å². The number of carbonyl (C=O) groups is 1. The Kier molecular flexibility index (Phi) is 3.97. The molecular weight excluding hydrogens is 194 g/mol. The molecule has 15 heavy (non-hydrogen) atoms. The van der Waals surface area contributed by atoms with Gasteiger partial charge in [-0.3, -0.25) is 0 Å². The number of nitrogens with zero attached hydrogens (tertiary/aromatic N) is 1. The lowest BCUT2D eigenvalue weighted by Crippen LogP contribution is -2.54. The molecular formula is C11H21NO3. The molecule has 0 aromatic rings. The third-order valence-corrected chi connectivity index (χ3v) is 2.62. The van der Waals surface area contributed by atoms with Crippen LogP contribution in [0.2, 0.25) is 0 Å². The van der Waals surface area contributed by atoms with Gasteiger partial charge in [0.15, 0.2) is 0 Å². The van der Waals surface area contributed by atoms with E-state index in [1.54, 1.807) is 0 Å². The Morgan fingerprint density at radius 2 is 2.13 bits per heavy atom. The highest BCUT2D eigenvalue weighted by atomic mass is 16.6. The molecule has 0 aliphatic carbocycles. The van der Waals surface area contributed by atoms with Crippen molar-refractivity contribution < 1.29 is 14.6 Å². The second-order valence-electron chi connectivity index (χ2n) is 4.79. The number of likely N-dealkylation sites (tertiary alicyclic amines) is 1. The normalized spacial score (nSPS) is 17.5. The fourth-order valence-electron chi connectivity index (χ4n) is 1.56.